The van der Waals surface area contributed by atoms with Gasteiger partial charge in [-0.25, -0.2) is 9.67 Å². The van der Waals surface area contributed by atoms with Crippen LogP contribution >= 0.6 is 0 Å². The number of fused-ring (bicyclic) bond motifs is 1. The molecule has 2 aromatic rings. The van der Waals surface area contributed by atoms with Crippen LogP contribution in [0.15, 0.2) is 4.79 Å². The van der Waals surface area contributed by atoms with E-state index in [0.29, 0.717) is 11.5 Å². The Bertz CT molecular complexity index is 482. The van der Waals surface area contributed by atoms with Gasteiger partial charge in [-0.05, 0) is 6.92 Å². The number of nitrogens with one attached hydrogen (secondary N) is 1. The van der Waals surface area contributed by atoms with E-state index in [1.165, 1.54) is 4.68 Å². The largest absolute Gasteiger partial charge is 0.309 e. The van der Waals surface area contributed by atoms with Crippen LogP contribution in [0, 0.1) is 6.92 Å². The number of aromatic nitrogens is 5. The summed E-state index contributed by atoms with van der Waals surface area (Å²) in [6, 6.07) is 0. The quantitative estimate of drug-likeness (QED) is 0.563. The Labute approximate surface area is 67.2 Å². The molecule has 0 saturated carbocycles. The molecule has 1 N–H and O–H groups in total. The molecule has 0 unspecified atom stereocenters. The number of H-pyrrole nitrogens is 1. The van der Waals surface area contributed by atoms with Crippen molar-refractivity contribution in [1.82, 2.24) is 25.0 Å². The number of hydrogen-bond donors (Lipinski definition) is 1. The topological polar surface area (TPSA) is 76.5 Å². The molecule has 0 aliphatic carbocycles. The number of aryl methyl sites for hydroxylation is 2. The minimum Gasteiger partial charge on any atom is -0.309 e. The lowest BCUT2D eigenvalue weighted by Crippen LogP contribution is -2.10. The van der Waals surface area contributed by atoms with Crippen LogP contribution in [0.4, 0.5) is 0 Å². The van der Waals surface area contributed by atoms with Crippen molar-refractivity contribution in [3.63, 3.8) is 0 Å². The first-order valence-corrected chi connectivity index (χ1v) is 3.45. The van der Waals surface area contributed by atoms with Gasteiger partial charge >= 0.3 is 0 Å². The third-order valence-corrected chi connectivity index (χ3v) is 1.58. The molecule has 0 aromatic carbocycles. The molecule has 0 bridgehead atoms. The molecule has 0 fully saturated rings. The predicted molar refractivity (Wildman–Crippen MR) is 41.7 cm³/mol. The molecule has 62 valence electrons. The zero-order chi connectivity index (χ0) is 8.72. The Kier molecular flexibility index (Phi) is 1.24. The smallest absolute Gasteiger partial charge is 0.281 e. The molecule has 0 aliphatic rings. The first-order valence-electron chi connectivity index (χ1n) is 3.45. The summed E-state index contributed by atoms with van der Waals surface area (Å²) in [7, 11) is 1.70. The van der Waals surface area contributed by atoms with Gasteiger partial charge in [-0.15, -0.1) is 5.10 Å². The Morgan fingerprint density at radius 3 is 3.00 bits per heavy atom. The molecule has 6 heteroatoms. The van der Waals surface area contributed by atoms with E-state index in [0.717, 1.165) is 0 Å². The third kappa shape index (κ3) is 0.810. The molecule has 0 saturated heterocycles. The van der Waals surface area contributed by atoms with Gasteiger partial charge < -0.3 is 4.98 Å². The van der Waals surface area contributed by atoms with Crippen molar-refractivity contribution in [2.45, 2.75) is 6.92 Å². The summed E-state index contributed by atoms with van der Waals surface area (Å²) in [5.41, 5.74) is 0.546. The molecular formula is C6H7N5O. The van der Waals surface area contributed by atoms with Crippen molar-refractivity contribution in [3.05, 3.63) is 16.2 Å². The molecule has 0 amide bonds. The summed E-state index contributed by atoms with van der Waals surface area (Å²) >= 11 is 0. The number of aromatic amines is 1. The van der Waals surface area contributed by atoms with Gasteiger partial charge in [0.15, 0.2) is 11.2 Å². The van der Waals surface area contributed by atoms with Crippen LogP contribution in [0.5, 0.6) is 0 Å². The van der Waals surface area contributed by atoms with Gasteiger partial charge in [0.2, 0.25) is 0 Å². The molecule has 2 aromatic heterocycles. The van der Waals surface area contributed by atoms with E-state index in [2.05, 4.69) is 20.3 Å². The lowest BCUT2D eigenvalue weighted by molar-refractivity contribution is 0.728. The second-order valence-corrected chi connectivity index (χ2v) is 2.54. The monoisotopic (exact) mass is 165 g/mol. The molecule has 0 aliphatic heterocycles. The first-order chi connectivity index (χ1) is 5.68. The summed E-state index contributed by atoms with van der Waals surface area (Å²) < 4.78 is 1.47. The fourth-order valence-corrected chi connectivity index (χ4v) is 1.03. The van der Waals surface area contributed by atoms with Crippen molar-refractivity contribution in [1.29, 1.82) is 0 Å². The van der Waals surface area contributed by atoms with E-state index in [1.807, 2.05) is 0 Å². The highest BCUT2D eigenvalue weighted by Gasteiger charge is 2.06. The van der Waals surface area contributed by atoms with Crippen molar-refractivity contribution >= 4 is 11.2 Å². The van der Waals surface area contributed by atoms with Gasteiger partial charge in [-0.1, -0.05) is 5.21 Å². The van der Waals surface area contributed by atoms with Crippen LogP contribution < -0.4 is 5.56 Å². The number of rotatable bonds is 0. The van der Waals surface area contributed by atoms with E-state index >= 15 is 0 Å². The summed E-state index contributed by atoms with van der Waals surface area (Å²) in [4.78, 5) is 17.8. The highest BCUT2D eigenvalue weighted by atomic mass is 16.1. The number of nitrogens with zero attached hydrogens (tertiary/aromatic N) is 4. The fraction of sp³-hybridized carbons (Fsp3) is 0.333. The SMILES string of the molecule is Cc1nc2c(nnn2C)c(=O)[nH]1. The zero-order valence-electron chi connectivity index (χ0n) is 6.70. The molecule has 0 atom stereocenters. The maximum absolute atomic E-state index is 11.2. The lowest BCUT2D eigenvalue weighted by Gasteiger charge is -1.91. The third-order valence-electron chi connectivity index (χ3n) is 1.58. The summed E-state index contributed by atoms with van der Waals surface area (Å²) in [5.74, 6) is 0.568. The van der Waals surface area contributed by atoms with Crippen LogP contribution in [-0.2, 0) is 7.05 Å². The summed E-state index contributed by atoms with van der Waals surface area (Å²) in [6.07, 6.45) is 0. The minimum atomic E-state index is -0.245. The molecule has 2 rings (SSSR count). The highest BCUT2D eigenvalue weighted by Crippen LogP contribution is 1.99. The van der Waals surface area contributed by atoms with Gasteiger partial charge in [-0.3, -0.25) is 4.79 Å². The van der Waals surface area contributed by atoms with Gasteiger partial charge in [0, 0.05) is 7.05 Å². The van der Waals surface area contributed by atoms with Crippen LogP contribution in [0.2, 0.25) is 0 Å². The average Bonchev–Trinajstić information content (AvgIpc) is 2.33. The highest BCUT2D eigenvalue weighted by molar-refractivity contribution is 5.67. The molecular weight excluding hydrogens is 158 g/mol. The average molecular weight is 165 g/mol. The van der Waals surface area contributed by atoms with Gasteiger partial charge in [0.05, 0.1) is 0 Å². The molecule has 12 heavy (non-hydrogen) atoms. The molecule has 0 spiro atoms. The standard InChI is InChI=1S/C6H7N5O/c1-3-7-5-4(6(12)8-3)9-10-11(5)2/h1-2H3,(H,7,8,12). The van der Waals surface area contributed by atoms with E-state index < -0.39 is 0 Å². The predicted octanol–water partition coefficient (Wildman–Crippen LogP) is -0.640. The Hall–Kier alpha value is -1.72. The number of hydrogen-bond acceptors (Lipinski definition) is 4. The van der Waals surface area contributed by atoms with Gasteiger partial charge in [0.1, 0.15) is 5.82 Å². The first kappa shape index (κ1) is 6.96. The van der Waals surface area contributed by atoms with Crippen LogP contribution in [0.1, 0.15) is 5.82 Å². The Morgan fingerprint density at radius 1 is 1.50 bits per heavy atom. The van der Waals surface area contributed by atoms with E-state index in [9.17, 15) is 4.79 Å². The van der Waals surface area contributed by atoms with Gasteiger partial charge in [0.25, 0.3) is 5.56 Å². The van der Waals surface area contributed by atoms with Crippen molar-refractivity contribution in [3.8, 4) is 0 Å². The van der Waals surface area contributed by atoms with Crippen molar-refractivity contribution in [2.75, 3.05) is 0 Å². The summed E-state index contributed by atoms with van der Waals surface area (Å²) in [6.45, 7) is 1.72. The molecule has 6 nitrogen and oxygen atoms in total. The lowest BCUT2D eigenvalue weighted by atomic mass is 10.5. The van der Waals surface area contributed by atoms with Crippen molar-refractivity contribution in [2.24, 2.45) is 7.05 Å². The van der Waals surface area contributed by atoms with Crippen LogP contribution in [0.25, 0.3) is 11.2 Å². The summed E-state index contributed by atoms with van der Waals surface area (Å²) in [5, 5.41) is 7.35. The van der Waals surface area contributed by atoms with E-state index in [4.69, 9.17) is 0 Å². The molecule has 2 heterocycles. The maximum atomic E-state index is 11.2. The molecule has 0 radical (unpaired) electrons. The van der Waals surface area contributed by atoms with E-state index in [1.54, 1.807) is 14.0 Å². The van der Waals surface area contributed by atoms with E-state index in [-0.39, 0.29) is 11.1 Å². The van der Waals surface area contributed by atoms with Gasteiger partial charge in [-0.2, -0.15) is 0 Å². The van der Waals surface area contributed by atoms with Crippen LogP contribution in [-0.4, -0.2) is 25.0 Å². The van der Waals surface area contributed by atoms with Crippen molar-refractivity contribution < 1.29 is 0 Å². The minimum absolute atomic E-state index is 0.245. The second-order valence-electron chi connectivity index (χ2n) is 2.54. The second kappa shape index (κ2) is 2.13. The Balaban J connectivity index is 3.03. The Morgan fingerprint density at radius 2 is 2.25 bits per heavy atom. The fourth-order valence-electron chi connectivity index (χ4n) is 1.03. The maximum Gasteiger partial charge on any atom is 0.281 e. The normalized spacial score (nSPS) is 10.8. The zero-order valence-corrected chi connectivity index (χ0v) is 6.70. The van der Waals surface area contributed by atoms with Crippen LogP contribution in [0.3, 0.4) is 0 Å².